The summed E-state index contributed by atoms with van der Waals surface area (Å²) in [5.41, 5.74) is 0. The monoisotopic (exact) mass is 403 g/mol. The molecule has 154 valence electrons. The average molecular weight is 403 g/mol. The van der Waals surface area contributed by atoms with Gasteiger partial charge in [-0.05, 0) is 12.8 Å². The van der Waals surface area contributed by atoms with Gasteiger partial charge in [0.2, 0.25) is 0 Å². The minimum absolute atomic E-state index is 1.12. The molecule has 6 heteroatoms. The molecule has 0 aliphatic rings. The number of nitrogens with zero attached hydrogens (tertiary/aromatic N) is 1. The van der Waals surface area contributed by atoms with Gasteiger partial charge in [0.1, 0.15) is 0 Å². The van der Waals surface area contributed by atoms with Crippen molar-refractivity contribution in [3.05, 3.63) is 0 Å². The Morgan fingerprint density at radius 3 is 1.08 bits per heavy atom. The second-order valence-corrected chi connectivity index (χ2v) is 9.17. The zero-order valence-corrected chi connectivity index (χ0v) is 18.2. The molecule has 0 aromatic heterocycles. The van der Waals surface area contributed by atoms with E-state index in [1.54, 1.807) is 0 Å². The third kappa shape index (κ3) is 40.1. The molecule has 0 aromatic carbocycles. The molecule has 25 heavy (non-hydrogen) atoms. The summed E-state index contributed by atoms with van der Waals surface area (Å²) < 4.78 is 35.4. The van der Waals surface area contributed by atoms with Crippen molar-refractivity contribution < 1.29 is 33.1 Å². The first-order valence-corrected chi connectivity index (χ1v) is 11.9. The summed E-state index contributed by atoms with van der Waals surface area (Å²) in [5, 5.41) is 0. The van der Waals surface area contributed by atoms with Crippen LogP contribution in [0.1, 0.15) is 96.8 Å². The second-order valence-electron chi connectivity index (χ2n) is 7.99. The Bertz CT molecular complexity index is 408. The van der Waals surface area contributed by atoms with Crippen molar-refractivity contribution in [2.24, 2.45) is 0 Å². The van der Waals surface area contributed by atoms with Crippen molar-refractivity contribution in [3.63, 3.8) is 0 Å². The number of rotatable bonds is 15. The Morgan fingerprint density at radius 2 is 0.840 bits per heavy atom. The fourth-order valence-electron chi connectivity index (χ4n) is 2.78. The van der Waals surface area contributed by atoms with Crippen LogP contribution in [-0.2, 0) is 24.5 Å². The Morgan fingerprint density at radius 1 is 0.600 bits per heavy atom. The van der Waals surface area contributed by atoms with Gasteiger partial charge in [-0.1, -0.05) is 84.0 Å². The van der Waals surface area contributed by atoms with Crippen LogP contribution in [0, 0.1) is 0 Å². The van der Waals surface area contributed by atoms with Crippen LogP contribution in [0.5, 0.6) is 0 Å². The first kappa shape index (κ1) is 27.1. The number of unbranched alkanes of at least 4 members (excludes halogenated alkanes) is 13. The van der Waals surface area contributed by atoms with Gasteiger partial charge in [0.25, 0.3) is 0 Å². The molecule has 0 N–H and O–H groups in total. The number of hydrogen-bond acceptors (Lipinski definition) is 4. The quantitative estimate of drug-likeness (QED) is 0.227. The molecule has 0 heterocycles. The summed E-state index contributed by atoms with van der Waals surface area (Å²) in [6.45, 7) is 3.63. The third-order valence-electron chi connectivity index (χ3n) is 4.18. The van der Waals surface area contributed by atoms with Crippen LogP contribution in [0.3, 0.4) is 0 Å². The molecular formula is C19H42MnNO4. The predicted octanol–water partition coefficient (Wildman–Crippen LogP) is 4.63. The zero-order chi connectivity index (χ0) is 19.6. The van der Waals surface area contributed by atoms with Crippen molar-refractivity contribution >= 4 is 0 Å². The molecule has 0 aromatic rings. The van der Waals surface area contributed by atoms with Gasteiger partial charge in [0, 0.05) is 0 Å². The SMILES string of the molecule is CCCCCCCCCCCCCCCC[N+](C)(C)C.[O]=[Mn](=[O])(=[O])[O-]. The summed E-state index contributed by atoms with van der Waals surface area (Å²) in [7, 11) is 6.88. The van der Waals surface area contributed by atoms with E-state index in [1.165, 1.54) is 96.4 Å². The van der Waals surface area contributed by atoms with Crippen LogP contribution in [0.2, 0.25) is 0 Å². The van der Waals surface area contributed by atoms with Crippen molar-refractivity contribution in [2.45, 2.75) is 96.8 Å². The van der Waals surface area contributed by atoms with E-state index in [1.807, 2.05) is 0 Å². The first-order valence-electron chi connectivity index (χ1n) is 9.98. The Kier molecular flexibility index (Phi) is 18.7. The molecule has 0 saturated carbocycles. The van der Waals surface area contributed by atoms with E-state index >= 15 is 0 Å². The second kappa shape index (κ2) is 17.3. The Balaban J connectivity index is 0. The standard InChI is InChI=1S/C19H42N.Mn.4O/c1-5-6-7-8-9-10-11-12-13-14-15-16-17-18-19-20(2,3)4;;;;;/h5-19H2,1-4H3;;;;;/q+1;;;;;-1. The van der Waals surface area contributed by atoms with Gasteiger partial charge in [-0.15, -0.1) is 0 Å². The van der Waals surface area contributed by atoms with E-state index in [0.717, 1.165) is 4.48 Å². The molecule has 0 unspecified atom stereocenters. The van der Waals surface area contributed by atoms with Gasteiger partial charge in [-0.2, -0.15) is 0 Å². The average Bonchev–Trinajstić information content (AvgIpc) is 2.45. The molecule has 0 bridgehead atoms. The fraction of sp³-hybridized carbons (Fsp3) is 1.00. The molecule has 0 saturated heterocycles. The molecule has 0 spiro atoms. The first-order chi connectivity index (χ1) is 11.6. The van der Waals surface area contributed by atoms with Gasteiger partial charge in [-0.25, -0.2) is 0 Å². The van der Waals surface area contributed by atoms with Crippen molar-refractivity contribution in [1.29, 1.82) is 0 Å². The molecule has 0 aliphatic heterocycles. The summed E-state index contributed by atoms with van der Waals surface area (Å²) in [6, 6.07) is 0. The Labute approximate surface area is 157 Å². The predicted molar refractivity (Wildman–Crippen MR) is 95.3 cm³/mol. The summed E-state index contributed by atoms with van der Waals surface area (Å²) >= 11 is -5.62. The van der Waals surface area contributed by atoms with Gasteiger partial charge in [-0.3, -0.25) is 0 Å². The van der Waals surface area contributed by atoms with Crippen LogP contribution in [-0.4, -0.2) is 32.2 Å². The van der Waals surface area contributed by atoms with Gasteiger partial charge in [0.15, 0.2) is 0 Å². The molecule has 0 radical (unpaired) electrons. The molecule has 0 aliphatic carbocycles. The molecule has 0 rings (SSSR count). The molecule has 0 atom stereocenters. The van der Waals surface area contributed by atoms with Crippen LogP contribution < -0.4 is 4.19 Å². The van der Waals surface area contributed by atoms with Crippen LogP contribution in [0.4, 0.5) is 0 Å². The topological polar surface area (TPSA) is 74.3 Å². The van der Waals surface area contributed by atoms with E-state index in [4.69, 9.17) is 15.7 Å². The third-order valence-corrected chi connectivity index (χ3v) is 4.18. The van der Waals surface area contributed by atoms with Crippen LogP contribution >= 0.6 is 0 Å². The van der Waals surface area contributed by atoms with Crippen molar-refractivity contribution in [3.8, 4) is 0 Å². The van der Waals surface area contributed by atoms with E-state index in [0.29, 0.717) is 0 Å². The van der Waals surface area contributed by atoms with Gasteiger partial charge < -0.3 is 4.48 Å². The summed E-state index contributed by atoms with van der Waals surface area (Å²) in [4.78, 5) is 0. The number of quaternary nitrogens is 1. The van der Waals surface area contributed by atoms with Crippen LogP contribution in [0.25, 0.3) is 0 Å². The zero-order valence-electron chi connectivity index (χ0n) is 17.1. The normalized spacial score (nSPS) is 11.9. The number of hydrogen-bond donors (Lipinski definition) is 0. The minimum atomic E-state index is -5.62. The molecule has 5 nitrogen and oxygen atoms in total. The van der Waals surface area contributed by atoms with E-state index in [-0.39, 0.29) is 0 Å². The van der Waals surface area contributed by atoms with E-state index in [2.05, 4.69) is 28.1 Å². The Hall–Kier alpha value is -0.161. The van der Waals surface area contributed by atoms with E-state index < -0.39 is 13.0 Å². The van der Waals surface area contributed by atoms with Crippen LogP contribution in [0.15, 0.2) is 0 Å². The molecule has 0 amide bonds. The summed E-state index contributed by atoms with van der Waals surface area (Å²) in [6.07, 6.45) is 20.4. The maximum absolute atomic E-state index is 8.58. The summed E-state index contributed by atoms with van der Waals surface area (Å²) in [5.74, 6) is 0. The fourth-order valence-corrected chi connectivity index (χ4v) is 2.78. The molecular weight excluding hydrogens is 361 g/mol. The van der Waals surface area contributed by atoms with Gasteiger partial charge in [0.05, 0.1) is 27.7 Å². The molecule has 0 fully saturated rings. The van der Waals surface area contributed by atoms with Crippen molar-refractivity contribution in [2.75, 3.05) is 27.7 Å². The van der Waals surface area contributed by atoms with E-state index in [9.17, 15) is 0 Å². The van der Waals surface area contributed by atoms with Crippen molar-refractivity contribution in [1.82, 2.24) is 0 Å². The van der Waals surface area contributed by atoms with Gasteiger partial charge >= 0.3 is 28.7 Å². The maximum atomic E-state index is 8.58.